The standard InChI is InChI=1S/C33H33FN8O/c1-21(43)40-17-19-41(20-18-40)28-7-2-5-24(29(28)34)26-12-13-27-32(38-26)42(31(39-27)25-6-3-16-37-30(25)35)23-10-8-22(9-11-23)33(36)14-4-15-33/h2-3,5-13,16H,4,14-15,17-20,36H2,1H3,(H2,35,37). The summed E-state index contributed by atoms with van der Waals surface area (Å²) in [5, 5.41) is 0. The maximum Gasteiger partial charge on any atom is 0.219 e. The van der Waals surface area contributed by atoms with Crippen molar-refractivity contribution in [3.05, 3.63) is 84.3 Å². The second kappa shape index (κ2) is 10.5. The quantitative estimate of drug-likeness (QED) is 0.306. The number of benzene rings is 2. The lowest BCUT2D eigenvalue weighted by Gasteiger charge is -2.38. The van der Waals surface area contributed by atoms with Crippen molar-refractivity contribution in [1.29, 1.82) is 0 Å². The summed E-state index contributed by atoms with van der Waals surface area (Å²) in [5.74, 6) is 0.652. The first-order chi connectivity index (χ1) is 20.8. The normalized spacial score (nSPS) is 16.3. The highest BCUT2D eigenvalue weighted by Gasteiger charge is 2.34. The number of nitrogen functional groups attached to an aromatic ring is 1. The summed E-state index contributed by atoms with van der Waals surface area (Å²) in [6.45, 7) is 3.82. The Balaban J connectivity index is 1.33. The Morgan fingerprint density at radius 2 is 1.65 bits per heavy atom. The molecule has 43 heavy (non-hydrogen) atoms. The van der Waals surface area contributed by atoms with E-state index in [9.17, 15) is 4.79 Å². The summed E-state index contributed by atoms with van der Waals surface area (Å²) in [6, 6.07) is 20.9. The number of fused-ring (bicyclic) bond motifs is 1. The molecule has 9 nitrogen and oxygen atoms in total. The number of hydrogen-bond acceptors (Lipinski definition) is 7. The molecule has 1 saturated carbocycles. The maximum absolute atomic E-state index is 16.1. The van der Waals surface area contributed by atoms with Gasteiger partial charge in [0.2, 0.25) is 5.91 Å². The minimum absolute atomic E-state index is 0.0376. The first-order valence-electron chi connectivity index (χ1n) is 14.6. The Bertz CT molecular complexity index is 1840. The summed E-state index contributed by atoms with van der Waals surface area (Å²) in [5.41, 5.74) is 17.9. The van der Waals surface area contributed by atoms with E-state index < -0.39 is 0 Å². The fourth-order valence-electron chi connectivity index (χ4n) is 6.15. The number of imidazole rings is 1. The van der Waals surface area contributed by atoms with Crippen molar-refractivity contribution >= 4 is 28.6 Å². The van der Waals surface area contributed by atoms with Gasteiger partial charge in [-0.3, -0.25) is 9.36 Å². The number of rotatable bonds is 5. The Morgan fingerprint density at radius 1 is 0.907 bits per heavy atom. The molecule has 4 N–H and O–H groups in total. The molecule has 2 aliphatic rings. The van der Waals surface area contributed by atoms with Crippen molar-refractivity contribution in [3.63, 3.8) is 0 Å². The highest BCUT2D eigenvalue weighted by molar-refractivity contribution is 5.85. The van der Waals surface area contributed by atoms with Crippen LogP contribution in [0.2, 0.25) is 0 Å². The van der Waals surface area contributed by atoms with Crippen molar-refractivity contribution in [1.82, 2.24) is 24.4 Å². The highest BCUT2D eigenvalue weighted by Crippen LogP contribution is 2.39. The van der Waals surface area contributed by atoms with Crippen LogP contribution < -0.4 is 16.4 Å². The van der Waals surface area contributed by atoms with E-state index in [1.807, 2.05) is 45.9 Å². The summed E-state index contributed by atoms with van der Waals surface area (Å²) < 4.78 is 18.1. The van der Waals surface area contributed by atoms with Gasteiger partial charge < -0.3 is 21.3 Å². The van der Waals surface area contributed by atoms with E-state index in [2.05, 4.69) is 17.1 Å². The highest BCUT2D eigenvalue weighted by atomic mass is 19.1. The third-order valence-electron chi connectivity index (χ3n) is 8.85. The second-order valence-electron chi connectivity index (χ2n) is 11.4. The second-order valence-corrected chi connectivity index (χ2v) is 11.4. The molecule has 2 fully saturated rings. The zero-order valence-corrected chi connectivity index (χ0v) is 24.0. The van der Waals surface area contributed by atoms with Crippen molar-refractivity contribution in [2.75, 3.05) is 36.8 Å². The molecule has 0 radical (unpaired) electrons. The van der Waals surface area contributed by atoms with Gasteiger partial charge in [0.25, 0.3) is 0 Å². The minimum Gasteiger partial charge on any atom is -0.383 e. The van der Waals surface area contributed by atoms with E-state index in [1.165, 1.54) is 0 Å². The summed E-state index contributed by atoms with van der Waals surface area (Å²) in [6.07, 6.45) is 4.72. The van der Waals surface area contributed by atoms with Gasteiger partial charge in [-0.25, -0.2) is 19.3 Å². The predicted octanol–water partition coefficient (Wildman–Crippen LogP) is 4.88. The number of piperazine rings is 1. The number of pyridine rings is 2. The maximum atomic E-state index is 16.1. The van der Waals surface area contributed by atoms with Crippen LogP contribution in [0.25, 0.3) is 39.5 Å². The number of nitrogens with two attached hydrogens (primary N) is 2. The van der Waals surface area contributed by atoms with Crippen LogP contribution in [-0.4, -0.2) is 56.5 Å². The van der Waals surface area contributed by atoms with Gasteiger partial charge in [-0.2, -0.15) is 0 Å². The van der Waals surface area contributed by atoms with Gasteiger partial charge in [-0.15, -0.1) is 0 Å². The van der Waals surface area contributed by atoms with Crippen LogP contribution in [0.3, 0.4) is 0 Å². The molecule has 218 valence electrons. The number of carbonyl (C=O) groups excluding carboxylic acids is 1. The van der Waals surface area contributed by atoms with Crippen molar-refractivity contribution in [2.45, 2.75) is 31.7 Å². The lowest BCUT2D eigenvalue weighted by molar-refractivity contribution is -0.129. The third-order valence-corrected chi connectivity index (χ3v) is 8.85. The number of anilines is 2. The Labute approximate surface area is 249 Å². The fourth-order valence-corrected chi connectivity index (χ4v) is 6.15. The number of nitrogens with zero attached hydrogens (tertiary/aromatic N) is 6. The molecule has 5 aromatic rings. The largest absolute Gasteiger partial charge is 0.383 e. The monoisotopic (exact) mass is 576 g/mol. The van der Waals surface area contributed by atoms with E-state index in [0.717, 1.165) is 30.5 Å². The van der Waals surface area contributed by atoms with Crippen molar-refractivity contribution in [2.24, 2.45) is 5.73 Å². The van der Waals surface area contributed by atoms with Gasteiger partial charge in [0, 0.05) is 56.1 Å². The average molecular weight is 577 g/mol. The van der Waals surface area contributed by atoms with E-state index >= 15 is 4.39 Å². The molecule has 0 atom stereocenters. The summed E-state index contributed by atoms with van der Waals surface area (Å²) in [7, 11) is 0. The van der Waals surface area contributed by atoms with Crippen LogP contribution in [0.4, 0.5) is 15.9 Å². The topological polar surface area (TPSA) is 119 Å². The zero-order valence-electron chi connectivity index (χ0n) is 24.0. The molecule has 1 saturated heterocycles. The van der Waals surface area contributed by atoms with Gasteiger partial charge in [-0.05, 0) is 73.4 Å². The number of amides is 1. The van der Waals surface area contributed by atoms with Gasteiger partial charge in [0.15, 0.2) is 17.3 Å². The van der Waals surface area contributed by atoms with Crippen LogP contribution in [-0.2, 0) is 10.3 Å². The number of hydrogen-bond donors (Lipinski definition) is 2. The molecule has 2 aromatic carbocycles. The minimum atomic E-state index is -0.341. The van der Waals surface area contributed by atoms with Crippen LogP contribution in [0.1, 0.15) is 31.7 Å². The van der Waals surface area contributed by atoms with Gasteiger partial charge >= 0.3 is 0 Å². The zero-order chi connectivity index (χ0) is 29.7. The van der Waals surface area contributed by atoms with Crippen LogP contribution in [0.5, 0.6) is 0 Å². The van der Waals surface area contributed by atoms with E-state index in [0.29, 0.717) is 71.5 Å². The molecule has 4 heterocycles. The van der Waals surface area contributed by atoms with Gasteiger partial charge in [0.1, 0.15) is 11.3 Å². The van der Waals surface area contributed by atoms with Crippen LogP contribution in [0, 0.1) is 5.82 Å². The lowest BCUT2D eigenvalue weighted by Crippen LogP contribution is -2.48. The first-order valence-corrected chi connectivity index (χ1v) is 14.6. The molecule has 3 aromatic heterocycles. The molecule has 0 bridgehead atoms. The molecule has 0 unspecified atom stereocenters. The van der Waals surface area contributed by atoms with Crippen molar-refractivity contribution < 1.29 is 9.18 Å². The average Bonchev–Trinajstić information content (AvgIpc) is 3.39. The van der Waals surface area contributed by atoms with Gasteiger partial charge in [-0.1, -0.05) is 18.2 Å². The fraction of sp³-hybridized carbons (Fsp3) is 0.273. The number of aromatic nitrogens is 4. The third kappa shape index (κ3) is 4.67. The van der Waals surface area contributed by atoms with Crippen LogP contribution >= 0.6 is 0 Å². The molecular weight excluding hydrogens is 543 g/mol. The smallest absolute Gasteiger partial charge is 0.219 e. The molecule has 1 amide bonds. The molecule has 7 rings (SSSR count). The SMILES string of the molecule is CC(=O)N1CCN(c2cccc(-c3ccc4nc(-c5cccnc5N)n(-c5ccc(C6(N)CCC6)cc5)c4n3)c2F)CC1. The molecule has 10 heteroatoms. The molecular formula is C33H33FN8O. The van der Waals surface area contributed by atoms with E-state index in [4.69, 9.17) is 21.4 Å². The Hall–Kier alpha value is -4.83. The van der Waals surface area contributed by atoms with Crippen molar-refractivity contribution in [3.8, 4) is 28.3 Å². The van der Waals surface area contributed by atoms with Gasteiger partial charge in [0.05, 0.1) is 16.9 Å². The first kappa shape index (κ1) is 27.0. The lowest BCUT2D eigenvalue weighted by atomic mass is 9.73. The molecule has 1 aliphatic heterocycles. The Kier molecular flexibility index (Phi) is 6.58. The predicted molar refractivity (Wildman–Crippen MR) is 166 cm³/mol. The van der Waals surface area contributed by atoms with E-state index in [-0.39, 0.29) is 17.3 Å². The molecule has 0 spiro atoms. The van der Waals surface area contributed by atoms with E-state index in [1.54, 1.807) is 36.2 Å². The number of carbonyl (C=O) groups is 1. The number of halogens is 1. The summed E-state index contributed by atoms with van der Waals surface area (Å²) >= 11 is 0. The summed E-state index contributed by atoms with van der Waals surface area (Å²) in [4.78, 5) is 29.7. The molecule has 1 aliphatic carbocycles. The van der Waals surface area contributed by atoms with Crippen LogP contribution in [0.15, 0.2) is 72.9 Å². The Morgan fingerprint density at radius 3 is 2.33 bits per heavy atom.